The summed E-state index contributed by atoms with van der Waals surface area (Å²) in [5, 5.41) is 45.0. The zero-order valence-corrected chi connectivity index (χ0v) is 24.2. The molecule has 5 rings (SSSR count). The van der Waals surface area contributed by atoms with E-state index in [1.165, 1.54) is 4.90 Å². The highest BCUT2D eigenvalue weighted by Crippen LogP contribution is 2.47. The van der Waals surface area contributed by atoms with Crippen LogP contribution in [0.15, 0.2) is 95.6 Å². The predicted molar refractivity (Wildman–Crippen MR) is 167 cm³/mol. The summed E-state index contributed by atoms with van der Waals surface area (Å²) in [5.41, 5.74) is 5.17. The molecule has 1 saturated heterocycles. The number of aliphatic hydroxyl groups is 3. The molecular formula is C35H38N2O6. The van der Waals surface area contributed by atoms with E-state index < -0.39 is 36.4 Å². The molecule has 4 atom stereocenters. The minimum atomic E-state index is -0.990. The number of rotatable bonds is 11. The smallest absolute Gasteiger partial charge is 0.238 e. The number of aliphatic hydroxyl groups excluding tert-OH is 3. The van der Waals surface area contributed by atoms with E-state index in [4.69, 9.17) is 0 Å². The van der Waals surface area contributed by atoms with Gasteiger partial charge in [0, 0.05) is 17.3 Å². The van der Waals surface area contributed by atoms with Crippen LogP contribution in [0, 0.1) is 17.8 Å². The Morgan fingerprint density at radius 1 is 0.953 bits per heavy atom. The van der Waals surface area contributed by atoms with Gasteiger partial charge in [-0.2, -0.15) is 0 Å². The molecule has 8 heteroatoms. The molecule has 0 saturated carbocycles. The molecule has 0 bridgehead atoms. The minimum absolute atomic E-state index is 0.156. The van der Waals surface area contributed by atoms with Gasteiger partial charge in [-0.1, -0.05) is 48.9 Å². The SMILES string of the molecule is CC/C(=C\c1ccc(O)cc1)CC[C@@H](O)C1=C(CO)C[C@H]2C(=O)N(c3ccc(Nc4ccccc4)cc3)C(=O)[C@H]2[C@H]1CO. The first kappa shape index (κ1) is 30.2. The average molecular weight is 583 g/mol. The van der Waals surface area contributed by atoms with Gasteiger partial charge in [0.2, 0.25) is 11.8 Å². The van der Waals surface area contributed by atoms with Crippen LogP contribution in [0.3, 0.4) is 0 Å². The second-order valence-corrected chi connectivity index (χ2v) is 11.2. The largest absolute Gasteiger partial charge is 0.508 e. The average Bonchev–Trinajstić information content (AvgIpc) is 3.28. The van der Waals surface area contributed by atoms with E-state index in [2.05, 4.69) is 5.32 Å². The van der Waals surface area contributed by atoms with Crippen LogP contribution in [-0.2, 0) is 9.59 Å². The van der Waals surface area contributed by atoms with E-state index in [1.807, 2.05) is 55.5 Å². The number of allylic oxidation sites excluding steroid dienone is 1. The number of amides is 2. The quantitative estimate of drug-likeness (QED) is 0.156. The number of benzene rings is 3. The summed E-state index contributed by atoms with van der Waals surface area (Å²) in [6, 6.07) is 23.6. The van der Waals surface area contributed by atoms with E-state index in [9.17, 15) is 30.0 Å². The maximum absolute atomic E-state index is 13.8. The maximum Gasteiger partial charge on any atom is 0.238 e. The summed E-state index contributed by atoms with van der Waals surface area (Å²) in [6.07, 6.45) is 2.85. The predicted octanol–water partition coefficient (Wildman–Crippen LogP) is 5.18. The number of para-hydroxylation sites is 1. The van der Waals surface area contributed by atoms with Crippen LogP contribution < -0.4 is 10.2 Å². The molecule has 5 N–H and O–H groups in total. The number of carbonyl (C=O) groups excluding carboxylic acids is 2. The fourth-order valence-electron chi connectivity index (χ4n) is 6.38. The fourth-order valence-corrected chi connectivity index (χ4v) is 6.38. The highest BCUT2D eigenvalue weighted by molar-refractivity contribution is 6.22. The van der Waals surface area contributed by atoms with Crippen LogP contribution >= 0.6 is 0 Å². The molecule has 0 unspecified atom stereocenters. The number of fused-ring (bicyclic) bond motifs is 1. The number of anilines is 3. The highest BCUT2D eigenvalue weighted by Gasteiger charge is 2.55. The van der Waals surface area contributed by atoms with Crippen molar-refractivity contribution in [1.82, 2.24) is 0 Å². The summed E-state index contributed by atoms with van der Waals surface area (Å²) in [4.78, 5) is 28.6. The van der Waals surface area contributed by atoms with Gasteiger partial charge in [0.25, 0.3) is 0 Å². The molecule has 2 aliphatic rings. The Balaban J connectivity index is 1.33. The van der Waals surface area contributed by atoms with Crippen LogP contribution in [0.5, 0.6) is 5.75 Å². The van der Waals surface area contributed by atoms with Gasteiger partial charge < -0.3 is 25.7 Å². The van der Waals surface area contributed by atoms with Crippen molar-refractivity contribution in [2.75, 3.05) is 23.4 Å². The zero-order valence-electron chi connectivity index (χ0n) is 24.2. The molecule has 1 aliphatic heterocycles. The monoisotopic (exact) mass is 582 g/mol. The van der Waals surface area contributed by atoms with Gasteiger partial charge in [-0.15, -0.1) is 0 Å². The summed E-state index contributed by atoms with van der Waals surface area (Å²) in [5.74, 6) is -2.89. The van der Waals surface area contributed by atoms with Crippen molar-refractivity contribution in [2.45, 2.75) is 38.7 Å². The van der Waals surface area contributed by atoms with Crippen molar-refractivity contribution in [3.63, 3.8) is 0 Å². The van der Waals surface area contributed by atoms with Gasteiger partial charge in [0.05, 0.1) is 36.8 Å². The summed E-state index contributed by atoms with van der Waals surface area (Å²) in [7, 11) is 0. The number of carbonyl (C=O) groups is 2. The highest BCUT2D eigenvalue weighted by atomic mass is 16.3. The normalized spacial score (nSPS) is 21.3. The van der Waals surface area contributed by atoms with Crippen molar-refractivity contribution in [3.05, 3.63) is 101 Å². The topological polar surface area (TPSA) is 130 Å². The molecule has 0 spiro atoms. The Kier molecular flexibility index (Phi) is 9.40. The third-order valence-electron chi connectivity index (χ3n) is 8.58. The lowest BCUT2D eigenvalue weighted by Gasteiger charge is -2.36. The van der Waals surface area contributed by atoms with Gasteiger partial charge in [-0.25, -0.2) is 0 Å². The van der Waals surface area contributed by atoms with E-state index in [0.29, 0.717) is 29.7 Å². The van der Waals surface area contributed by atoms with Crippen molar-refractivity contribution >= 4 is 35.0 Å². The molecule has 224 valence electrons. The molecule has 0 radical (unpaired) electrons. The first-order valence-electron chi connectivity index (χ1n) is 14.7. The molecule has 0 aromatic heterocycles. The van der Waals surface area contributed by atoms with Crippen molar-refractivity contribution < 1.29 is 30.0 Å². The fraction of sp³-hybridized carbons (Fsp3) is 0.314. The number of aromatic hydroxyl groups is 1. The molecule has 1 fully saturated rings. The lowest BCUT2D eigenvalue weighted by atomic mass is 9.68. The first-order chi connectivity index (χ1) is 20.8. The molecule has 3 aromatic carbocycles. The Bertz CT molecular complexity index is 1500. The Hall–Kier alpha value is -4.24. The van der Waals surface area contributed by atoms with Crippen molar-refractivity contribution in [3.8, 4) is 5.75 Å². The standard InChI is InChI=1S/C35H38N2O6/c1-2-22(18-23-8-15-28(40)16-9-23)10-17-31(41)32-24(20-38)19-29-33(30(32)21-39)35(43)37(34(29)42)27-13-11-26(12-14-27)36-25-6-4-3-5-7-25/h3-9,11-16,18,29-31,33,36,38-41H,2,10,17,19-21H2,1H3/b22-18+/t29-,30+,31-,33-/m1/s1. The number of imide groups is 1. The van der Waals surface area contributed by atoms with Crippen LogP contribution in [0.2, 0.25) is 0 Å². The molecular weight excluding hydrogens is 544 g/mol. The van der Waals surface area contributed by atoms with Gasteiger partial charge in [-0.05, 0) is 90.9 Å². The number of phenolic OH excluding ortho intramolecular Hbond substituents is 1. The lowest BCUT2D eigenvalue weighted by Crippen LogP contribution is -2.39. The molecule has 2 amide bonds. The molecule has 3 aromatic rings. The van der Waals surface area contributed by atoms with Gasteiger partial charge in [0.15, 0.2) is 0 Å². The Labute approximate surface area is 251 Å². The summed E-state index contributed by atoms with van der Waals surface area (Å²) < 4.78 is 0. The summed E-state index contributed by atoms with van der Waals surface area (Å²) in [6.45, 7) is 1.24. The van der Waals surface area contributed by atoms with Crippen molar-refractivity contribution in [2.24, 2.45) is 17.8 Å². The van der Waals surface area contributed by atoms with E-state index in [-0.39, 0.29) is 24.7 Å². The van der Waals surface area contributed by atoms with E-state index in [1.54, 1.807) is 36.4 Å². The van der Waals surface area contributed by atoms with Crippen LogP contribution in [0.25, 0.3) is 6.08 Å². The second-order valence-electron chi connectivity index (χ2n) is 11.2. The lowest BCUT2D eigenvalue weighted by molar-refractivity contribution is -0.123. The maximum atomic E-state index is 13.8. The zero-order chi connectivity index (χ0) is 30.5. The molecule has 1 aliphatic carbocycles. The van der Waals surface area contributed by atoms with Crippen LogP contribution in [0.4, 0.5) is 17.1 Å². The number of hydrogen-bond donors (Lipinski definition) is 5. The third kappa shape index (κ3) is 6.41. The van der Waals surface area contributed by atoms with Crippen LogP contribution in [-0.4, -0.2) is 51.6 Å². The number of nitrogens with zero attached hydrogens (tertiary/aromatic N) is 1. The first-order valence-corrected chi connectivity index (χ1v) is 14.7. The molecule has 1 heterocycles. The third-order valence-corrected chi connectivity index (χ3v) is 8.58. The Morgan fingerprint density at radius 2 is 1.63 bits per heavy atom. The van der Waals surface area contributed by atoms with Gasteiger partial charge in [-0.3, -0.25) is 14.5 Å². The van der Waals surface area contributed by atoms with E-state index >= 15 is 0 Å². The summed E-state index contributed by atoms with van der Waals surface area (Å²) >= 11 is 0. The number of nitrogens with one attached hydrogen (secondary N) is 1. The van der Waals surface area contributed by atoms with Crippen molar-refractivity contribution in [1.29, 1.82) is 0 Å². The van der Waals surface area contributed by atoms with Gasteiger partial charge in [0.1, 0.15) is 5.75 Å². The minimum Gasteiger partial charge on any atom is -0.508 e. The van der Waals surface area contributed by atoms with E-state index in [0.717, 1.165) is 28.9 Å². The number of phenols is 1. The Morgan fingerprint density at radius 3 is 2.26 bits per heavy atom. The molecule has 8 nitrogen and oxygen atoms in total. The number of hydrogen-bond acceptors (Lipinski definition) is 7. The van der Waals surface area contributed by atoms with Gasteiger partial charge >= 0.3 is 0 Å². The molecule has 43 heavy (non-hydrogen) atoms. The van der Waals surface area contributed by atoms with Crippen LogP contribution in [0.1, 0.15) is 38.2 Å². The second kappa shape index (κ2) is 13.4.